The highest BCUT2D eigenvalue weighted by Crippen LogP contribution is 2.27. The van der Waals surface area contributed by atoms with Crippen LogP contribution < -0.4 is 11.1 Å². The molecule has 1 atom stereocenters. The van der Waals surface area contributed by atoms with Crippen LogP contribution in [0.3, 0.4) is 0 Å². The number of carbonyl (C=O) groups is 1. The van der Waals surface area contributed by atoms with Crippen LogP contribution in [0.1, 0.15) is 31.4 Å². The topological polar surface area (TPSA) is 55.1 Å². The maximum atomic E-state index is 12.2. The van der Waals surface area contributed by atoms with Gasteiger partial charge in [0.05, 0.1) is 5.41 Å². The second kappa shape index (κ2) is 5.85. The largest absolute Gasteiger partial charge is 0.329 e. The molecule has 1 amide bonds. The Labute approximate surface area is 117 Å². The lowest BCUT2D eigenvalue weighted by Crippen LogP contribution is -2.39. The summed E-state index contributed by atoms with van der Waals surface area (Å²) in [5.74, 6) is -0.0198. The molecule has 1 aromatic carbocycles. The van der Waals surface area contributed by atoms with E-state index in [2.05, 4.69) is 21.2 Å². The van der Waals surface area contributed by atoms with Crippen molar-refractivity contribution < 1.29 is 4.79 Å². The molecule has 3 nitrogen and oxygen atoms in total. The molecule has 0 heterocycles. The van der Waals surface area contributed by atoms with Crippen molar-refractivity contribution >= 4 is 27.5 Å². The second-order valence-electron chi connectivity index (χ2n) is 5.00. The Kier molecular flexibility index (Phi) is 4.93. The van der Waals surface area contributed by atoms with Crippen LogP contribution in [0.5, 0.6) is 0 Å². The Morgan fingerprint density at radius 2 is 1.89 bits per heavy atom. The molecule has 0 aliphatic carbocycles. The summed E-state index contributed by atoms with van der Waals surface area (Å²) in [7, 11) is 0. The quantitative estimate of drug-likeness (QED) is 0.895. The molecular weight excluding hydrogens is 292 g/mol. The molecule has 0 aliphatic heterocycles. The van der Waals surface area contributed by atoms with Crippen LogP contribution in [-0.4, -0.2) is 12.5 Å². The maximum absolute atomic E-state index is 12.2. The van der Waals surface area contributed by atoms with Gasteiger partial charge in [0.2, 0.25) is 5.91 Å². The van der Waals surface area contributed by atoms with Crippen LogP contribution in [0.4, 0.5) is 5.69 Å². The first-order valence-electron chi connectivity index (χ1n) is 6.12. The third-order valence-corrected chi connectivity index (χ3v) is 4.72. The molecule has 18 heavy (non-hydrogen) atoms. The predicted octanol–water partition coefficient (Wildman–Crippen LogP) is 3.38. The van der Waals surface area contributed by atoms with Crippen LogP contribution >= 0.6 is 15.9 Å². The zero-order valence-corrected chi connectivity index (χ0v) is 13.0. The van der Waals surface area contributed by atoms with E-state index in [1.165, 1.54) is 0 Å². The van der Waals surface area contributed by atoms with Gasteiger partial charge in [-0.05, 0) is 50.5 Å². The third-order valence-electron chi connectivity index (χ3n) is 3.47. The summed E-state index contributed by atoms with van der Waals surface area (Å²) < 4.78 is 1.08. The molecule has 1 aromatic rings. The summed E-state index contributed by atoms with van der Waals surface area (Å²) in [5, 5.41) is 2.95. The number of halogens is 1. The second-order valence-corrected chi connectivity index (χ2v) is 5.79. The molecule has 100 valence electrons. The summed E-state index contributed by atoms with van der Waals surface area (Å²) in [6.45, 7) is 8.23. The molecule has 0 bridgehead atoms. The first-order chi connectivity index (χ1) is 8.34. The van der Waals surface area contributed by atoms with Crippen molar-refractivity contribution in [2.45, 2.75) is 34.1 Å². The monoisotopic (exact) mass is 312 g/mol. The fourth-order valence-corrected chi connectivity index (χ4v) is 1.93. The van der Waals surface area contributed by atoms with Gasteiger partial charge < -0.3 is 11.1 Å². The minimum absolute atomic E-state index is 0.0198. The Hall–Kier alpha value is -0.870. The molecule has 3 N–H and O–H groups in total. The lowest BCUT2D eigenvalue weighted by Gasteiger charge is -2.25. The van der Waals surface area contributed by atoms with Crippen molar-refractivity contribution in [1.29, 1.82) is 0 Å². The van der Waals surface area contributed by atoms with Gasteiger partial charge in [-0.2, -0.15) is 0 Å². The number of hydrogen-bond acceptors (Lipinski definition) is 2. The average molecular weight is 313 g/mol. The van der Waals surface area contributed by atoms with Gasteiger partial charge in [0.25, 0.3) is 0 Å². The normalized spacial score (nSPS) is 14.1. The van der Waals surface area contributed by atoms with E-state index in [0.29, 0.717) is 6.54 Å². The molecule has 0 aromatic heterocycles. The van der Waals surface area contributed by atoms with E-state index in [9.17, 15) is 4.79 Å². The van der Waals surface area contributed by atoms with Crippen molar-refractivity contribution in [1.82, 2.24) is 0 Å². The highest BCUT2D eigenvalue weighted by molar-refractivity contribution is 9.10. The standard InChI is InChI=1S/C14H21BrN2O/c1-5-14(4,8-16)13(18)17-11-6-9(2)12(15)10(3)7-11/h6-7H,5,8,16H2,1-4H3,(H,17,18). The number of hydrogen-bond donors (Lipinski definition) is 2. The summed E-state index contributed by atoms with van der Waals surface area (Å²) >= 11 is 3.51. The summed E-state index contributed by atoms with van der Waals surface area (Å²) in [6.07, 6.45) is 0.726. The van der Waals surface area contributed by atoms with Crippen LogP contribution in [-0.2, 0) is 4.79 Å². The van der Waals surface area contributed by atoms with Crippen molar-refractivity contribution in [2.24, 2.45) is 11.1 Å². The molecule has 4 heteroatoms. The number of nitrogens with one attached hydrogen (secondary N) is 1. The van der Waals surface area contributed by atoms with E-state index in [-0.39, 0.29) is 5.91 Å². The van der Waals surface area contributed by atoms with Crippen molar-refractivity contribution in [3.05, 3.63) is 27.7 Å². The van der Waals surface area contributed by atoms with E-state index in [1.54, 1.807) is 0 Å². The third kappa shape index (κ3) is 3.12. The van der Waals surface area contributed by atoms with Crippen LogP contribution in [0.2, 0.25) is 0 Å². The predicted molar refractivity (Wildman–Crippen MR) is 79.7 cm³/mol. The first-order valence-corrected chi connectivity index (χ1v) is 6.91. The Balaban J connectivity index is 2.95. The van der Waals surface area contributed by atoms with Gasteiger partial charge in [-0.3, -0.25) is 4.79 Å². The van der Waals surface area contributed by atoms with Gasteiger partial charge in [0, 0.05) is 16.7 Å². The summed E-state index contributed by atoms with van der Waals surface area (Å²) in [4.78, 5) is 12.2. The van der Waals surface area contributed by atoms with Gasteiger partial charge in [0.15, 0.2) is 0 Å². The molecule has 1 rings (SSSR count). The van der Waals surface area contributed by atoms with Gasteiger partial charge in [-0.15, -0.1) is 0 Å². The van der Waals surface area contributed by atoms with E-state index in [4.69, 9.17) is 5.73 Å². The van der Waals surface area contributed by atoms with E-state index < -0.39 is 5.41 Å². The molecular formula is C14H21BrN2O. The Morgan fingerprint density at radius 1 is 1.39 bits per heavy atom. The van der Waals surface area contributed by atoms with Crippen molar-refractivity contribution in [3.8, 4) is 0 Å². The number of rotatable bonds is 4. The number of amides is 1. The molecule has 0 saturated carbocycles. The smallest absolute Gasteiger partial charge is 0.231 e. The van der Waals surface area contributed by atoms with Crippen molar-refractivity contribution in [2.75, 3.05) is 11.9 Å². The minimum atomic E-state index is -0.505. The van der Waals surface area contributed by atoms with Crippen LogP contribution in [0, 0.1) is 19.3 Å². The van der Waals surface area contributed by atoms with Crippen LogP contribution in [0.25, 0.3) is 0 Å². The Morgan fingerprint density at radius 3 is 2.28 bits per heavy atom. The van der Waals surface area contributed by atoms with Gasteiger partial charge in [-0.25, -0.2) is 0 Å². The molecule has 0 fully saturated rings. The zero-order chi connectivity index (χ0) is 13.9. The molecule has 0 spiro atoms. The van der Waals surface area contributed by atoms with Gasteiger partial charge in [-0.1, -0.05) is 22.9 Å². The van der Waals surface area contributed by atoms with Crippen molar-refractivity contribution in [3.63, 3.8) is 0 Å². The SMILES string of the molecule is CCC(C)(CN)C(=O)Nc1cc(C)c(Br)c(C)c1. The van der Waals surface area contributed by atoms with E-state index >= 15 is 0 Å². The molecule has 0 aliphatic rings. The summed E-state index contributed by atoms with van der Waals surface area (Å²) in [6, 6.07) is 3.92. The highest BCUT2D eigenvalue weighted by Gasteiger charge is 2.29. The maximum Gasteiger partial charge on any atom is 0.231 e. The highest BCUT2D eigenvalue weighted by atomic mass is 79.9. The number of aryl methyl sites for hydroxylation is 2. The molecule has 1 unspecified atom stereocenters. The van der Waals surface area contributed by atoms with E-state index in [0.717, 1.165) is 27.7 Å². The van der Waals surface area contributed by atoms with E-state index in [1.807, 2.05) is 39.8 Å². The number of nitrogens with two attached hydrogens (primary N) is 1. The minimum Gasteiger partial charge on any atom is -0.329 e. The fraction of sp³-hybridized carbons (Fsp3) is 0.500. The number of benzene rings is 1. The molecule has 0 radical (unpaired) electrons. The van der Waals surface area contributed by atoms with Gasteiger partial charge in [0.1, 0.15) is 0 Å². The van der Waals surface area contributed by atoms with Crippen LogP contribution in [0.15, 0.2) is 16.6 Å². The van der Waals surface area contributed by atoms with Gasteiger partial charge >= 0.3 is 0 Å². The summed E-state index contributed by atoms with van der Waals surface area (Å²) in [5.41, 5.74) is 8.22. The number of anilines is 1. The lowest BCUT2D eigenvalue weighted by molar-refractivity contribution is -0.124. The lowest BCUT2D eigenvalue weighted by atomic mass is 9.86. The molecule has 0 saturated heterocycles. The number of carbonyl (C=O) groups excluding carboxylic acids is 1. The fourth-order valence-electron chi connectivity index (χ4n) is 1.70. The average Bonchev–Trinajstić information content (AvgIpc) is 2.34. The Bertz CT molecular complexity index is 430. The zero-order valence-electron chi connectivity index (χ0n) is 11.4. The first kappa shape index (κ1) is 15.2.